The highest BCUT2D eigenvalue weighted by Gasteiger charge is 2.12. The van der Waals surface area contributed by atoms with E-state index in [9.17, 15) is 13.2 Å². The molecule has 0 unspecified atom stereocenters. The van der Waals surface area contributed by atoms with Gasteiger partial charge in [-0.2, -0.15) is 0 Å². The van der Waals surface area contributed by atoms with Crippen LogP contribution in [0.2, 0.25) is 5.02 Å². The van der Waals surface area contributed by atoms with E-state index in [0.29, 0.717) is 5.75 Å². The SMILES string of the molecule is CC(=O)SCC=Cc1ccc(S(N)(=O)=O)c(Cl)c1. The van der Waals surface area contributed by atoms with Gasteiger partial charge in [-0.1, -0.05) is 41.6 Å². The first-order valence-electron chi connectivity index (χ1n) is 4.93. The van der Waals surface area contributed by atoms with Crippen LogP contribution in [0.1, 0.15) is 12.5 Å². The molecule has 0 aromatic heterocycles. The maximum atomic E-state index is 11.1. The minimum Gasteiger partial charge on any atom is -0.288 e. The molecule has 0 radical (unpaired) electrons. The van der Waals surface area contributed by atoms with Crippen molar-refractivity contribution < 1.29 is 13.2 Å². The van der Waals surface area contributed by atoms with Gasteiger partial charge in [-0.05, 0) is 17.7 Å². The van der Waals surface area contributed by atoms with Crippen LogP contribution in [0, 0.1) is 0 Å². The number of hydrogen-bond acceptors (Lipinski definition) is 4. The number of benzene rings is 1. The number of halogens is 1. The molecule has 1 aromatic rings. The molecule has 1 aromatic carbocycles. The first-order chi connectivity index (χ1) is 8.30. The summed E-state index contributed by atoms with van der Waals surface area (Å²) in [4.78, 5) is 10.6. The summed E-state index contributed by atoms with van der Waals surface area (Å²) in [6.07, 6.45) is 3.56. The zero-order chi connectivity index (χ0) is 13.8. The van der Waals surface area contributed by atoms with E-state index in [0.717, 1.165) is 5.56 Å². The molecule has 0 saturated heterocycles. The average Bonchev–Trinajstić information content (AvgIpc) is 2.22. The molecule has 0 bridgehead atoms. The molecule has 0 aliphatic carbocycles. The Balaban J connectivity index is 2.82. The van der Waals surface area contributed by atoms with Gasteiger partial charge in [-0.25, -0.2) is 13.6 Å². The van der Waals surface area contributed by atoms with Crippen molar-refractivity contribution in [1.29, 1.82) is 0 Å². The van der Waals surface area contributed by atoms with Gasteiger partial charge in [0.1, 0.15) is 4.90 Å². The van der Waals surface area contributed by atoms with Crippen molar-refractivity contribution in [1.82, 2.24) is 0 Å². The summed E-state index contributed by atoms with van der Waals surface area (Å²) in [5, 5.41) is 5.12. The third kappa shape index (κ3) is 4.81. The lowest BCUT2D eigenvalue weighted by atomic mass is 10.2. The summed E-state index contributed by atoms with van der Waals surface area (Å²) >= 11 is 7.01. The van der Waals surface area contributed by atoms with Crippen LogP contribution in [0.4, 0.5) is 0 Å². The van der Waals surface area contributed by atoms with Gasteiger partial charge in [0.05, 0.1) is 5.02 Å². The van der Waals surface area contributed by atoms with Crippen LogP contribution in [-0.2, 0) is 14.8 Å². The number of sulfonamides is 1. The minimum atomic E-state index is -3.79. The van der Waals surface area contributed by atoms with E-state index in [-0.39, 0.29) is 15.0 Å². The second-order valence-electron chi connectivity index (χ2n) is 3.44. The van der Waals surface area contributed by atoms with Crippen molar-refractivity contribution in [2.45, 2.75) is 11.8 Å². The van der Waals surface area contributed by atoms with Crippen molar-refractivity contribution in [2.24, 2.45) is 5.14 Å². The Bertz CT molecular complexity index is 582. The third-order valence-corrected chi connectivity index (χ3v) is 4.12. The van der Waals surface area contributed by atoms with E-state index in [4.69, 9.17) is 16.7 Å². The van der Waals surface area contributed by atoms with Crippen LogP contribution in [0.5, 0.6) is 0 Å². The zero-order valence-electron chi connectivity index (χ0n) is 9.59. The summed E-state index contributed by atoms with van der Waals surface area (Å²) < 4.78 is 22.3. The van der Waals surface area contributed by atoms with Crippen molar-refractivity contribution in [2.75, 3.05) is 5.75 Å². The third-order valence-electron chi connectivity index (χ3n) is 1.96. The number of nitrogens with two attached hydrogens (primary N) is 1. The van der Waals surface area contributed by atoms with Crippen molar-refractivity contribution in [3.63, 3.8) is 0 Å². The van der Waals surface area contributed by atoms with Gasteiger partial charge < -0.3 is 0 Å². The van der Waals surface area contributed by atoms with E-state index >= 15 is 0 Å². The second-order valence-corrected chi connectivity index (χ2v) is 6.57. The second kappa shape index (κ2) is 6.38. The highest BCUT2D eigenvalue weighted by Crippen LogP contribution is 2.22. The molecule has 4 nitrogen and oxygen atoms in total. The molecular weight excluding hydrogens is 294 g/mol. The fourth-order valence-corrected chi connectivity index (χ4v) is 2.73. The van der Waals surface area contributed by atoms with Gasteiger partial charge >= 0.3 is 0 Å². The molecular formula is C11H12ClNO3S2. The highest BCUT2D eigenvalue weighted by molar-refractivity contribution is 8.13. The standard InChI is InChI=1S/C11H12ClNO3S2/c1-8(14)17-6-2-3-9-4-5-11(10(12)7-9)18(13,15)16/h2-5,7H,6H2,1H3,(H2,13,15,16). The summed E-state index contributed by atoms with van der Waals surface area (Å²) in [7, 11) is -3.79. The molecule has 0 aliphatic rings. The van der Waals surface area contributed by atoms with Crippen molar-refractivity contribution in [3.05, 3.63) is 34.9 Å². The van der Waals surface area contributed by atoms with Gasteiger partial charge in [0.25, 0.3) is 0 Å². The lowest BCUT2D eigenvalue weighted by Gasteiger charge is -2.02. The van der Waals surface area contributed by atoms with E-state index in [1.165, 1.54) is 30.8 Å². The Morgan fingerprint density at radius 2 is 2.17 bits per heavy atom. The molecule has 0 aliphatic heterocycles. The van der Waals surface area contributed by atoms with Gasteiger partial charge in [0.2, 0.25) is 10.0 Å². The molecule has 1 rings (SSSR count). The van der Waals surface area contributed by atoms with E-state index in [1.807, 2.05) is 0 Å². The number of carbonyl (C=O) groups excluding carboxylic acids is 1. The van der Waals surface area contributed by atoms with Gasteiger partial charge in [0.15, 0.2) is 5.12 Å². The van der Waals surface area contributed by atoms with Gasteiger partial charge in [-0.3, -0.25) is 4.79 Å². The van der Waals surface area contributed by atoms with Crippen LogP contribution in [0.3, 0.4) is 0 Å². The number of thioether (sulfide) groups is 1. The Kier molecular flexibility index (Phi) is 5.40. The normalized spacial score (nSPS) is 11.9. The number of rotatable bonds is 4. The molecule has 0 heterocycles. The van der Waals surface area contributed by atoms with Crippen LogP contribution in [0.25, 0.3) is 6.08 Å². The first kappa shape index (κ1) is 15.2. The number of hydrogen-bond donors (Lipinski definition) is 1. The Morgan fingerprint density at radius 3 is 2.67 bits per heavy atom. The maximum Gasteiger partial charge on any atom is 0.239 e. The number of primary sulfonamides is 1. The molecule has 0 spiro atoms. The van der Waals surface area contributed by atoms with Crippen LogP contribution < -0.4 is 5.14 Å². The predicted molar refractivity (Wildman–Crippen MR) is 75.0 cm³/mol. The zero-order valence-corrected chi connectivity index (χ0v) is 12.0. The monoisotopic (exact) mass is 305 g/mol. The van der Waals surface area contributed by atoms with Crippen molar-refractivity contribution >= 4 is 44.6 Å². The summed E-state index contributed by atoms with van der Waals surface area (Å²) in [5.74, 6) is 0.559. The van der Waals surface area contributed by atoms with Crippen LogP contribution in [-0.4, -0.2) is 19.3 Å². The van der Waals surface area contributed by atoms with E-state index in [2.05, 4.69) is 0 Å². The molecule has 98 valence electrons. The molecule has 0 amide bonds. The Hall–Kier alpha value is -0.820. The average molecular weight is 306 g/mol. The molecule has 0 saturated carbocycles. The number of carbonyl (C=O) groups is 1. The summed E-state index contributed by atoms with van der Waals surface area (Å²) in [6, 6.07) is 4.46. The Labute approximate surface area is 115 Å². The highest BCUT2D eigenvalue weighted by atomic mass is 35.5. The van der Waals surface area contributed by atoms with Crippen molar-refractivity contribution in [3.8, 4) is 0 Å². The van der Waals surface area contributed by atoms with Crippen LogP contribution >= 0.6 is 23.4 Å². The Morgan fingerprint density at radius 1 is 1.50 bits per heavy atom. The lowest BCUT2D eigenvalue weighted by Crippen LogP contribution is -2.12. The van der Waals surface area contributed by atoms with Gasteiger partial charge in [0, 0.05) is 12.7 Å². The fourth-order valence-electron chi connectivity index (χ4n) is 1.20. The molecule has 2 N–H and O–H groups in total. The van der Waals surface area contributed by atoms with E-state index in [1.54, 1.807) is 18.2 Å². The molecule has 18 heavy (non-hydrogen) atoms. The predicted octanol–water partition coefficient (Wildman–Crippen LogP) is 2.28. The fraction of sp³-hybridized carbons (Fsp3) is 0.182. The molecule has 0 fully saturated rings. The van der Waals surface area contributed by atoms with E-state index < -0.39 is 10.0 Å². The summed E-state index contributed by atoms with van der Waals surface area (Å²) in [5.41, 5.74) is 0.747. The molecule has 7 heteroatoms. The molecule has 0 atom stereocenters. The topological polar surface area (TPSA) is 77.2 Å². The quantitative estimate of drug-likeness (QED) is 0.925. The lowest BCUT2D eigenvalue weighted by molar-refractivity contribution is -0.109. The van der Waals surface area contributed by atoms with Crippen LogP contribution in [0.15, 0.2) is 29.2 Å². The first-order valence-corrected chi connectivity index (χ1v) is 7.84. The van der Waals surface area contributed by atoms with Gasteiger partial charge in [-0.15, -0.1) is 0 Å². The maximum absolute atomic E-state index is 11.1. The summed E-state index contributed by atoms with van der Waals surface area (Å²) in [6.45, 7) is 1.50. The smallest absolute Gasteiger partial charge is 0.239 e. The minimum absolute atomic E-state index is 0.0438. The largest absolute Gasteiger partial charge is 0.288 e.